The highest BCUT2D eigenvalue weighted by atomic mass is 19.1. The van der Waals surface area contributed by atoms with Gasteiger partial charge in [-0.1, -0.05) is 12.1 Å². The van der Waals surface area contributed by atoms with Gasteiger partial charge in [0.05, 0.1) is 0 Å². The van der Waals surface area contributed by atoms with Gasteiger partial charge in [0.25, 0.3) is 0 Å². The molecule has 0 aromatic heterocycles. The number of halogens is 1. The van der Waals surface area contributed by atoms with Gasteiger partial charge in [-0.05, 0) is 31.0 Å². The molecule has 0 aliphatic heterocycles. The van der Waals surface area contributed by atoms with Crippen LogP contribution < -0.4 is 10.6 Å². The molecule has 0 spiro atoms. The van der Waals surface area contributed by atoms with Crippen molar-refractivity contribution in [1.82, 2.24) is 10.6 Å². The molecule has 0 unspecified atom stereocenters. The van der Waals surface area contributed by atoms with E-state index in [9.17, 15) is 4.39 Å². The van der Waals surface area contributed by atoms with Crippen LogP contribution in [0.2, 0.25) is 0 Å². The molecule has 0 saturated heterocycles. The molecule has 0 aliphatic carbocycles. The van der Waals surface area contributed by atoms with Crippen LogP contribution in [0.15, 0.2) is 23.2 Å². The molecule has 1 rings (SSSR count). The Balaban J connectivity index is 2.57. The summed E-state index contributed by atoms with van der Waals surface area (Å²) >= 11 is 0. The molecule has 2 N–H and O–H groups in total. The van der Waals surface area contributed by atoms with Gasteiger partial charge in [-0.25, -0.2) is 4.39 Å². The minimum atomic E-state index is -0.167. The van der Waals surface area contributed by atoms with Crippen LogP contribution >= 0.6 is 0 Å². The summed E-state index contributed by atoms with van der Waals surface area (Å²) in [7, 11) is 1.72. The molecule has 1 aromatic carbocycles. The van der Waals surface area contributed by atoms with Crippen LogP contribution in [0.25, 0.3) is 0 Å². The normalized spacial score (nSPS) is 11.4. The number of nitrogens with zero attached hydrogens (tertiary/aromatic N) is 1. The molecule has 0 saturated carbocycles. The third kappa shape index (κ3) is 3.53. The molecule has 1 aromatic rings. The molecular formula is C12H18FN3. The molecule has 0 radical (unpaired) electrons. The summed E-state index contributed by atoms with van der Waals surface area (Å²) in [5.41, 5.74) is 1.70. The van der Waals surface area contributed by atoms with Gasteiger partial charge in [-0.3, -0.25) is 4.99 Å². The van der Waals surface area contributed by atoms with Gasteiger partial charge in [0.1, 0.15) is 5.82 Å². The largest absolute Gasteiger partial charge is 0.357 e. The molecule has 16 heavy (non-hydrogen) atoms. The Kier molecular flexibility index (Phi) is 4.76. The van der Waals surface area contributed by atoms with Gasteiger partial charge in [0.15, 0.2) is 5.96 Å². The van der Waals surface area contributed by atoms with Crippen LogP contribution in [-0.4, -0.2) is 19.6 Å². The first-order valence-electron chi connectivity index (χ1n) is 5.37. The van der Waals surface area contributed by atoms with Crippen molar-refractivity contribution in [2.75, 3.05) is 13.6 Å². The molecule has 0 heterocycles. The molecule has 3 nitrogen and oxygen atoms in total. The zero-order valence-electron chi connectivity index (χ0n) is 9.97. The molecule has 88 valence electrons. The third-order valence-electron chi connectivity index (χ3n) is 2.25. The Morgan fingerprint density at radius 1 is 1.38 bits per heavy atom. The van der Waals surface area contributed by atoms with Crippen LogP contribution in [0, 0.1) is 12.7 Å². The monoisotopic (exact) mass is 223 g/mol. The van der Waals surface area contributed by atoms with E-state index in [0.717, 1.165) is 18.1 Å². The predicted octanol–water partition coefficient (Wildman–Crippen LogP) is 1.82. The van der Waals surface area contributed by atoms with Gasteiger partial charge < -0.3 is 10.6 Å². The highest BCUT2D eigenvalue weighted by Crippen LogP contribution is 2.08. The summed E-state index contributed by atoms with van der Waals surface area (Å²) in [6.07, 6.45) is 0. The molecule has 0 aliphatic rings. The lowest BCUT2D eigenvalue weighted by atomic mass is 10.1. The summed E-state index contributed by atoms with van der Waals surface area (Å²) in [4.78, 5) is 4.05. The van der Waals surface area contributed by atoms with Crippen LogP contribution in [-0.2, 0) is 6.54 Å². The number of nitrogens with one attached hydrogen (secondary N) is 2. The number of rotatable bonds is 3. The zero-order valence-corrected chi connectivity index (χ0v) is 9.97. The smallest absolute Gasteiger partial charge is 0.191 e. The van der Waals surface area contributed by atoms with Crippen molar-refractivity contribution in [3.8, 4) is 0 Å². The quantitative estimate of drug-likeness (QED) is 0.605. The van der Waals surface area contributed by atoms with Gasteiger partial charge in [-0.2, -0.15) is 0 Å². The molecule has 4 heteroatoms. The third-order valence-corrected chi connectivity index (χ3v) is 2.25. The van der Waals surface area contributed by atoms with Crippen molar-refractivity contribution in [2.24, 2.45) is 4.99 Å². The van der Waals surface area contributed by atoms with E-state index in [-0.39, 0.29) is 5.82 Å². The fourth-order valence-corrected chi connectivity index (χ4v) is 1.39. The average Bonchev–Trinajstić information content (AvgIpc) is 2.28. The number of hydrogen-bond donors (Lipinski definition) is 2. The summed E-state index contributed by atoms with van der Waals surface area (Å²) in [6.45, 7) is 5.23. The van der Waals surface area contributed by atoms with Gasteiger partial charge in [0, 0.05) is 20.1 Å². The van der Waals surface area contributed by atoms with E-state index in [1.807, 2.05) is 13.0 Å². The highest BCUT2D eigenvalue weighted by molar-refractivity contribution is 5.79. The van der Waals surface area contributed by atoms with E-state index in [2.05, 4.69) is 15.6 Å². The number of guanidine groups is 1. The lowest BCUT2D eigenvalue weighted by Crippen LogP contribution is -2.36. The Bertz CT molecular complexity index is 375. The maximum Gasteiger partial charge on any atom is 0.191 e. The van der Waals surface area contributed by atoms with Gasteiger partial charge in [-0.15, -0.1) is 0 Å². The topological polar surface area (TPSA) is 36.4 Å². The Hall–Kier alpha value is -1.58. The number of aryl methyl sites for hydroxylation is 1. The van der Waals surface area contributed by atoms with E-state index < -0.39 is 0 Å². The first-order chi connectivity index (χ1) is 7.67. The van der Waals surface area contributed by atoms with E-state index in [4.69, 9.17) is 0 Å². The van der Waals surface area contributed by atoms with Crippen LogP contribution in [0.4, 0.5) is 4.39 Å². The maximum atomic E-state index is 13.0. The lowest BCUT2D eigenvalue weighted by Gasteiger charge is -2.10. The minimum Gasteiger partial charge on any atom is -0.357 e. The summed E-state index contributed by atoms with van der Waals surface area (Å²) < 4.78 is 13.0. The van der Waals surface area contributed by atoms with Gasteiger partial charge in [0.2, 0.25) is 0 Å². The second-order valence-corrected chi connectivity index (χ2v) is 3.54. The first kappa shape index (κ1) is 12.5. The SMILES string of the molecule is CCNC(=NC)NCc1ccc(F)c(C)c1. The van der Waals surface area contributed by atoms with Crippen molar-refractivity contribution in [1.29, 1.82) is 0 Å². The summed E-state index contributed by atoms with van der Waals surface area (Å²) in [5.74, 6) is 0.587. The summed E-state index contributed by atoms with van der Waals surface area (Å²) in [6, 6.07) is 5.10. The van der Waals surface area contributed by atoms with E-state index >= 15 is 0 Å². The Morgan fingerprint density at radius 3 is 2.69 bits per heavy atom. The van der Waals surface area contributed by atoms with Crippen molar-refractivity contribution < 1.29 is 4.39 Å². The van der Waals surface area contributed by atoms with Crippen LogP contribution in [0.1, 0.15) is 18.1 Å². The minimum absolute atomic E-state index is 0.167. The van der Waals surface area contributed by atoms with E-state index in [1.165, 1.54) is 6.07 Å². The lowest BCUT2D eigenvalue weighted by molar-refractivity contribution is 0.617. The maximum absolute atomic E-state index is 13.0. The molecule has 0 atom stereocenters. The number of benzene rings is 1. The first-order valence-corrected chi connectivity index (χ1v) is 5.37. The van der Waals surface area contributed by atoms with Gasteiger partial charge >= 0.3 is 0 Å². The average molecular weight is 223 g/mol. The molecule has 0 bridgehead atoms. The molecule has 0 fully saturated rings. The highest BCUT2D eigenvalue weighted by Gasteiger charge is 2.00. The second-order valence-electron chi connectivity index (χ2n) is 3.54. The second kappa shape index (κ2) is 6.10. The van der Waals surface area contributed by atoms with E-state index in [0.29, 0.717) is 12.1 Å². The van der Waals surface area contributed by atoms with Crippen molar-refractivity contribution in [3.05, 3.63) is 35.1 Å². The van der Waals surface area contributed by atoms with Crippen molar-refractivity contribution >= 4 is 5.96 Å². The Labute approximate surface area is 95.8 Å². The van der Waals surface area contributed by atoms with Crippen LogP contribution in [0.5, 0.6) is 0 Å². The standard InChI is InChI=1S/C12H18FN3/c1-4-15-12(14-3)16-8-10-5-6-11(13)9(2)7-10/h5-7H,4,8H2,1-3H3,(H2,14,15,16). The van der Waals surface area contributed by atoms with Crippen molar-refractivity contribution in [3.63, 3.8) is 0 Å². The molecule has 0 amide bonds. The van der Waals surface area contributed by atoms with E-state index in [1.54, 1.807) is 20.0 Å². The van der Waals surface area contributed by atoms with Crippen molar-refractivity contribution in [2.45, 2.75) is 20.4 Å². The fraction of sp³-hybridized carbons (Fsp3) is 0.417. The predicted molar refractivity (Wildman–Crippen MR) is 65.0 cm³/mol. The number of aliphatic imine (C=N–C) groups is 1. The molecular weight excluding hydrogens is 205 g/mol. The number of hydrogen-bond acceptors (Lipinski definition) is 1. The summed E-state index contributed by atoms with van der Waals surface area (Å²) in [5, 5.41) is 6.24. The Morgan fingerprint density at radius 2 is 2.12 bits per heavy atom. The fourth-order valence-electron chi connectivity index (χ4n) is 1.39. The zero-order chi connectivity index (χ0) is 12.0. The van der Waals surface area contributed by atoms with Crippen LogP contribution in [0.3, 0.4) is 0 Å².